The highest BCUT2D eigenvalue weighted by molar-refractivity contribution is 4.95. The van der Waals surface area contributed by atoms with Gasteiger partial charge in [-0.1, -0.05) is 19.3 Å². The van der Waals surface area contributed by atoms with E-state index in [9.17, 15) is 0 Å². The summed E-state index contributed by atoms with van der Waals surface area (Å²) in [6.07, 6.45) is 8.85. The Morgan fingerprint density at radius 1 is 1.09 bits per heavy atom. The molecule has 0 aromatic carbocycles. The second-order valence-corrected chi connectivity index (χ2v) is 4.35. The van der Waals surface area contributed by atoms with Gasteiger partial charge in [-0.05, 0) is 38.1 Å². The third-order valence-corrected chi connectivity index (χ3v) is 3.84. The average Bonchev–Trinajstić information content (AvgIpc) is 2.36. The Hall–Kier alpha value is -0.0400. The Morgan fingerprint density at radius 2 is 1.82 bits per heavy atom. The number of rotatable bonds is 0. The fraction of sp³-hybridized carbons (Fsp3) is 1.00. The number of nitrogens with one attached hydrogen (secondary N) is 1. The molecule has 0 aromatic rings. The van der Waals surface area contributed by atoms with E-state index >= 15 is 0 Å². The van der Waals surface area contributed by atoms with Crippen molar-refractivity contribution in [2.75, 3.05) is 6.54 Å². The molecule has 2 rings (SSSR count). The first-order valence-corrected chi connectivity index (χ1v) is 5.07. The van der Waals surface area contributed by atoms with Crippen LogP contribution in [-0.4, -0.2) is 12.6 Å². The maximum atomic E-state index is 3.58. The molecule has 1 saturated carbocycles. The van der Waals surface area contributed by atoms with Crippen molar-refractivity contribution < 1.29 is 0 Å². The topological polar surface area (TPSA) is 12.0 Å². The average molecular weight is 153 g/mol. The van der Waals surface area contributed by atoms with Crippen molar-refractivity contribution in [3.05, 3.63) is 0 Å². The molecular formula is C10H19N. The van der Waals surface area contributed by atoms with E-state index in [0.717, 1.165) is 11.5 Å². The molecule has 1 spiro atoms. The quantitative estimate of drug-likeness (QED) is 0.563. The van der Waals surface area contributed by atoms with Crippen LogP contribution in [0, 0.1) is 5.41 Å². The first-order valence-electron chi connectivity index (χ1n) is 5.07. The van der Waals surface area contributed by atoms with Crippen LogP contribution in [-0.2, 0) is 0 Å². The molecule has 0 radical (unpaired) electrons. The van der Waals surface area contributed by atoms with Gasteiger partial charge in [0, 0.05) is 6.04 Å². The van der Waals surface area contributed by atoms with Crippen molar-refractivity contribution in [2.24, 2.45) is 5.41 Å². The molecule has 64 valence electrons. The van der Waals surface area contributed by atoms with E-state index in [2.05, 4.69) is 12.2 Å². The normalized spacial score (nSPS) is 36.3. The van der Waals surface area contributed by atoms with Gasteiger partial charge in [0.2, 0.25) is 0 Å². The van der Waals surface area contributed by atoms with Gasteiger partial charge in [-0.2, -0.15) is 0 Å². The molecule has 2 fully saturated rings. The summed E-state index contributed by atoms with van der Waals surface area (Å²) in [5.41, 5.74) is 0.720. The summed E-state index contributed by atoms with van der Waals surface area (Å²) in [6.45, 7) is 3.64. The summed E-state index contributed by atoms with van der Waals surface area (Å²) in [6, 6.07) is 0.794. The van der Waals surface area contributed by atoms with Gasteiger partial charge in [0.05, 0.1) is 0 Å². The van der Waals surface area contributed by atoms with Crippen molar-refractivity contribution in [1.29, 1.82) is 0 Å². The Kier molecular flexibility index (Phi) is 1.92. The third kappa shape index (κ3) is 1.20. The van der Waals surface area contributed by atoms with Gasteiger partial charge in [0.15, 0.2) is 0 Å². The summed E-state index contributed by atoms with van der Waals surface area (Å²) in [5, 5.41) is 3.58. The Balaban J connectivity index is 2.06. The summed E-state index contributed by atoms with van der Waals surface area (Å²) < 4.78 is 0. The molecular weight excluding hydrogens is 134 g/mol. The van der Waals surface area contributed by atoms with Crippen LogP contribution in [0.3, 0.4) is 0 Å². The lowest BCUT2D eigenvalue weighted by molar-refractivity contribution is 0.173. The van der Waals surface area contributed by atoms with E-state index in [1.807, 2.05) is 0 Å². The Morgan fingerprint density at radius 3 is 2.36 bits per heavy atom. The van der Waals surface area contributed by atoms with Crippen LogP contribution in [0.15, 0.2) is 0 Å². The highest BCUT2D eigenvalue weighted by Crippen LogP contribution is 2.44. The van der Waals surface area contributed by atoms with Crippen LogP contribution in [0.2, 0.25) is 0 Å². The standard InChI is InChI=1S/C10H19N/c1-9-10(7-8-11-9)5-3-2-4-6-10/h9,11H,2-8H2,1H3. The van der Waals surface area contributed by atoms with Gasteiger partial charge in [-0.3, -0.25) is 0 Å². The van der Waals surface area contributed by atoms with Crippen molar-refractivity contribution in [1.82, 2.24) is 5.32 Å². The van der Waals surface area contributed by atoms with Gasteiger partial charge in [-0.25, -0.2) is 0 Å². The molecule has 1 unspecified atom stereocenters. The predicted octanol–water partition coefficient (Wildman–Crippen LogP) is 2.32. The highest BCUT2D eigenvalue weighted by atomic mass is 15.0. The fourth-order valence-electron chi connectivity index (χ4n) is 2.91. The number of hydrogen-bond donors (Lipinski definition) is 1. The monoisotopic (exact) mass is 153 g/mol. The van der Waals surface area contributed by atoms with E-state index < -0.39 is 0 Å². The molecule has 1 heteroatoms. The minimum Gasteiger partial charge on any atom is -0.314 e. The largest absolute Gasteiger partial charge is 0.314 e. The number of hydrogen-bond acceptors (Lipinski definition) is 1. The van der Waals surface area contributed by atoms with Crippen molar-refractivity contribution >= 4 is 0 Å². The molecule has 2 aliphatic rings. The van der Waals surface area contributed by atoms with E-state index in [-0.39, 0.29) is 0 Å². The van der Waals surface area contributed by atoms with Crippen molar-refractivity contribution in [2.45, 2.75) is 51.5 Å². The zero-order valence-electron chi connectivity index (χ0n) is 7.53. The van der Waals surface area contributed by atoms with Crippen molar-refractivity contribution in [3.8, 4) is 0 Å². The minimum atomic E-state index is 0.720. The fourth-order valence-corrected chi connectivity index (χ4v) is 2.91. The lowest BCUT2D eigenvalue weighted by Gasteiger charge is -2.36. The summed E-state index contributed by atoms with van der Waals surface area (Å²) in [4.78, 5) is 0. The second-order valence-electron chi connectivity index (χ2n) is 4.35. The molecule has 0 bridgehead atoms. The minimum absolute atomic E-state index is 0.720. The lowest BCUT2D eigenvalue weighted by Crippen LogP contribution is -2.35. The summed E-state index contributed by atoms with van der Waals surface area (Å²) in [5.74, 6) is 0. The van der Waals surface area contributed by atoms with Crippen LogP contribution in [0.5, 0.6) is 0 Å². The first-order chi connectivity index (χ1) is 5.33. The lowest BCUT2D eigenvalue weighted by atomic mass is 9.70. The van der Waals surface area contributed by atoms with Gasteiger partial charge >= 0.3 is 0 Å². The van der Waals surface area contributed by atoms with Crippen LogP contribution >= 0.6 is 0 Å². The van der Waals surface area contributed by atoms with Gasteiger partial charge in [0.1, 0.15) is 0 Å². The Bertz CT molecular complexity index is 136. The smallest absolute Gasteiger partial charge is 0.00956 e. The highest BCUT2D eigenvalue weighted by Gasteiger charge is 2.40. The van der Waals surface area contributed by atoms with Gasteiger partial charge in [-0.15, -0.1) is 0 Å². The predicted molar refractivity (Wildman–Crippen MR) is 47.6 cm³/mol. The third-order valence-electron chi connectivity index (χ3n) is 3.84. The molecule has 0 aromatic heterocycles. The second kappa shape index (κ2) is 2.78. The van der Waals surface area contributed by atoms with E-state index in [0.29, 0.717) is 0 Å². The van der Waals surface area contributed by atoms with E-state index in [1.54, 1.807) is 0 Å². The maximum absolute atomic E-state index is 3.58. The summed E-state index contributed by atoms with van der Waals surface area (Å²) in [7, 11) is 0. The molecule has 1 N–H and O–H groups in total. The summed E-state index contributed by atoms with van der Waals surface area (Å²) >= 11 is 0. The SMILES string of the molecule is CC1NCCC12CCCCC2. The molecule has 0 amide bonds. The van der Waals surface area contributed by atoms with Crippen LogP contribution in [0.4, 0.5) is 0 Å². The maximum Gasteiger partial charge on any atom is 0.00956 e. The van der Waals surface area contributed by atoms with Gasteiger partial charge < -0.3 is 5.32 Å². The first kappa shape index (κ1) is 7.60. The van der Waals surface area contributed by atoms with Gasteiger partial charge in [0.25, 0.3) is 0 Å². The Labute approximate surface area is 69.6 Å². The van der Waals surface area contributed by atoms with Crippen molar-refractivity contribution in [3.63, 3.8) is 0 Å². The van der Waals surface area contributed by atoms with E-state index in [1.165, 1.54) is 45.1 Å². The zero-order valence-corrected chi connectivity index (χ0v) is 7.53. The van der Waals surface area contributed by atoms with Crippen LogP contribution in [0.1, 0.15) is 45.4 Å². The molecule has 1 nitrogen and oxygen atoms in total. The molecule has 11 heavy (non-hydrogen) atoms. The molecule has 1 aliphatic heterocycles. The molecule has 1 heterocycles. The zero-order chi connectivity index (χ0) is 7.73. The molecule has 1 saturated heterocycles. The van der Waals surface area contributed by atoms with Crippen LogP contribution in [0.25, 0.3) is 0 Å². The molecule has 1 aliphatic carbocycles. The van der Waals surface area contributed by atoms with E-state index in [4.69, 9.17) is 0 Å². The van der Waals surface area contributed by atoms with Crippen LogP contribution < -0.4 is 5.32 Å². The molecule has 1 atom stereocenters.